The van der Waals surface area contributed by atoms with Gasteiger partial charge in [0.25, 0.3) is 0 Å². The SMILES string of the molecule is CCCCCC[N+](CC)(CC)C(=O)C(c1ccccc1)P(=O)(O)O. The number of nitrogens with zero attached hydrogens (tertiary/aromatic N) is 1. The third-order valence-corrected chi connectivity index (χ3v) is 6.00. The van der Waals surface area contributed by atoms with E-state index in [1.165, 1.54) is 0 Å². The zero-order chi connectivity index (χ0) is 18.2. The first kappa shape index (κ1) is 21.0. The van der Waals surface area contributed by atoms with Gasteiger partial charge in [0.05, 0.1) is 19.6 Å². The van der Waals surface area contributed by atoms with Gasteiger partial charge in [0.2, 0.25) is 5.66 Å². The minimum atomic E-state index is -4.59. The first-order valence-electron chi connectivity index (χ1n) is 8.83. The molecule has 0 radical (unpaired) electrons. The van der Waals surface area contributed by atoms with Gasteiger partial charge in [-0.15, -0.1) is 0 Å². The van der Waals surface area contributed by atoms with Gasteiger partial charge in [0.15, 0.2) is 0 Å². The lowest BCUT2D eigenvalue weighted by atomic mass is 10.1. The summed E-state index contributed by atoms with van der Waals surface area (Å²) in [5, 5.41) is 0. The number of carbonyl (C=O) groups excluding carboxylic acids is 1. The van der Waals surface area contributed by atoms with E-state index in [-0.39, 0.29) is 10.4 Å². The molecule has 24 heavy (non-hydrogen) atoms. The summed E-state index contributed by atoms with van der Waals surface area (Å²) in [6.45, 7) is 7.70. The molecule has 0 bridgehead atoms. The van der Waals surface area contributed by atoms with Crippen LogP contribution in [0.1, 0.15) is 57.7 Å². The van der Waals surface area contributed by atoms with Crippen LogP contribution in [0, 0.1) is 0 Å². The van der Waals surface area contributed by atoms with Crippen molar-refractivity contribution in [1.82, 2.24) is 0 Å². The second kappa shape index (κ2) is 9.47. The van der Waals surface area contributed by atoms with E-state index in [2.05, 4.69) is 6.92 Å². The maximum absolute atomic E-state index is 13.2. The molecule has 0 spiro atoms. The Morgan fingerprint density at radius 1 is 1.04 bits per heavy atom. The van der Waals surface area contributed by atoms with Crippen LogP contribution in [0.25, 0.3) is 0 Å². The highest BCUT2D eigenvalue weighted by atomic mass is 31.2. The Hall–Kier alpha value is -1.00. The molecule has 1 aromatic carbocycles. The lowest BCUT2D eigenvalue weighted by molar-refractivity contribution is -0.851. The van der Waals surface area contributed by atoms with Gasteiger partial charge in [0, 0.05) is 0 Å². The Bertz CT molecular complexity index is 551. The molecule has 0 saturated carbocycles. The standard InChI is InChI=1S/C18H30NO4P/c1-4-7-8-12-15-19(5-2,6-3)18(20)17(24(21,22)23)16-13-10-9-11-14-16/h9-11,13-14,17H,4-8,12,15H2,1-3H3,(H-,21,22,23)/p+1. The molecule has 5 nitrogen and oxygen atoms in total. The van der Waals surface area contributed by atoms with E-state index in [9.17, 15) is 19.1 Å². The van der Waals surface area contributed by atoms with Crippen molar-refractivity contribution in [3.05, 3.63) is 35.9 Å². The number of hydrogen-bond acceptors (Lipinski definition) is 2. The van der Waals surface area contributed by atoms with Crippen molar-refractivity contribution < 1.29 is 23.6 Å². The minimum absolute atomic E-state index is 0.119. The van der Waals surface area contributed by atoms with Crippen molar-refractivity contribution in [2.24, 2.45) is 0 Å². The maximum Gasteiger partial charge on any atom is 0.346 e. The molecule has 1 amide bonds. The van der Waals surface area contributed by atoms with E-state index < -0.39 is 13.3 Å². The number of unbranched alkanes of at least 4 members (excludes halogenated alkanes) is 3. The van der Waals surface area contributed by atoms with Gasteiger partial charge in [-0.25, -0.2) is 4.79 Å². The summed E-state index contributed by atoms with van der Waals surface area (Å²) in [7, 11) is -4.59. The quantitative estimate of drug-likeness (QED) is 0.379. The topological polar surface area (TPSA) is 74.6 Å². The van der Waals surface area contributed by atoms with Crippen molar-refractivity contribution in [3.63, 3.8) is 0 Å². The van der Waals surface area contributed by atoms with Crippen LogP contribution in [0.4, 0.5) is 0 Å². The summed E-state index contributed by atoms with van der Waals surface area (Å²) in [6.07, 6.45) is 4.16. The summed E-state index contributed by atoms with van der Waals surface area (Å²) in [5.41, 5.74) is -0.987. The maximum atomic E-state index is 13.2. The molecule has 0 heterocycles. The van der Waals surface area contributed by atoms with Crippen molar-refractivity contribution in [2.75, 3.05) is 19.6 Å². The van der Waals surface area contributed by atoms with Gasteiger partial charge < -0.3 is 9.79 Å². The number of rotatable bonds is 10. The third kappa shape index (κ3) is 5.25. The van der Waals surface area contributed by atoms with Crippen molar-refractivity contribution >= 4 is 13.5 Å². The number of likely N-dealkylation sites (N-methyl/N-ethyl adjacent to an activating group) is 1. The van der Waals surface area contributed by atoms with E-state index in [1.807, 2.05) is 13.8 Å². The molecule has 2 N–H and O–H groups in total. The summed E-state index contributed by atoms with van der Waals surface area (Å²) < 4.78 is 12.2. The first-order valence-corrected chi connectivity index (χ1v) is 10.5. The molecule has 0 aliphatic rings. The van der Waals surface area contributed by atoms with Crippen LogP contribution in [-0.4, -0.2) is 39.8 Å². The van der Waals surface area contributed by atoms with Crippen LogP contribution >= 0.6 is 7.60 Å². The number of quaternary nitrogens is 1. The Kier molecular flexibility index (Phi) is 8.31. The molecule has 0 aliphatic heterocycles. The average molecular weight is 356 g/mol. The summed E-state index contributed by atoms with van der Waals surface area (Å²) in [6, 6.07) is 8.44. The predicted octanol–water partition coefficient (Wildman–Crippen LogP) is 3.87. The van der Waals surface area contributed by atoms with E-state index in [1.54, 1.807) is 30.3 Å². The van der Waals surface area contributed by atoms with E-state index in [4.69, 9.17) is 0 Å². The summed E-state index contributed by atoms with van der Waals surface area (Å²) in [5.74, 6) is -0.365. The number of hydrogen-bond donors (Lipinski definition) is 2. The summed E-state index contributed by atoms with van der Waals surface area (Å²) in [4.78, 5) is 32.9. The molecule has 1 unspecified atom stereocenters. The van der Waals surface area contributed by atoms with Crippen molar-refractivity contribution in [1.29, 1.82) is 0 Å². The molecule has 1 rings (SSSR count). The molecule has 0 aromatic heterocycles. The molecular formula is C18H31NO4P+. The second-order valence-electron chi connectivity index (χ2n) is 6.30. The fourth-order valence-electron chi connectivity index (χ4n) is 3.18. The Morgan fingerprint density at radius 3 is 2.08 bits per heavy atom. The van der Waals surface area contributed by atoms with Gasteiger partial charge >= 0.3 is 13.5 Å². The molecule has 136 valence electrons. The monoisotopic (exact) mass is 356 g/mol. The molecular weight excluding hydrogens is 325 g/mol. The van der Waals surface area contributed by atoms with E-state index in [0.29, 0.717) is 25.2 Å². The lowest BCUT2D eigenvalue weighted by Gasteiger charge is -2.37. The zero-order valence-electron chi connectivity index (χ0n) is 15.0. The molecule has 0 aliphatic carbocycles. The predicted molar refractivity (Wildman–Crippen MR) is 96.6 cm³/mol. The van der Waals surface area contributed by atoms with E-state index >= 15 is 0 Å². The van der Waals surface area contributed by atoms with Gasteiger partial charge in [-0.05, 0) is 32.3 Å². The second-order valence-corrected chi connectivity index (χ2v) is 8.00. The van der Waals surface area contributed by atoms with Crippen LogP contribution in [-0.2, 0) is 9.36 Å². The Balaban J connectivity index is 3.14. The molecule has 0 fully saturated rings. The van der Waals surface area contributed by atoms with Crippen LogP contribution in [0.5, 0.6) is 0 Å². The minimum Gasteiger partial charge on any atom is -0.324 e. The zero-order valence-corrected chi connectivity index (χ0v) is 15.9. The Morgan fingerprint density at radius 2 is 1.62 bits per heavy atom. The highest BCUT2D eigenvalue weighted by molar-refractivity contribution is 7.53. The fraction of sp³-hybridized carbons (Fsp3) is 0.611. The highest BCUT2D eigenvalue weighted by Crippen LogP contribution is 2.53. The first-order chi connectivity index (χ1) is 11.3. The molecule has 1 atom stereocenters. The van der Waals surface area contributed by atoms with Crippen molar-refractivity contribution in [3.8, 4) is 0 Å². The third-order valence-electron chi connectivity index (χ3n) is 4.80. The lowest BCUT2D eigenvalue weighted by Crippen LogP contribution is -2.55. The normalized spacial score (nSPS) is 13.7. The van der Waals surface area contributed by atoms with Crippen LogP contribution in [0.3, 0.4) is 0 Å². The van der Waals surface area contributed by atoms with Crippen molar-refractivity contribution in [2.45, 2.75) is 52.1 Å². The number of carbonyl (C=O) groups is 1. The average Bonchev–Trinajstić information content (AvgIpc) is 2.55. The van der Waals surface area contributed by atoms with Crippen LogP contribution in [0.2, 0.25) is 0 Å². The molecule has 1 aromatic rings. The fourth-order valence-corrected chi connectivity index (χ4v) is 4.27. The van der Waals surface area contributed by atoms with Gasteiger partial charge in [0.1, 0.15) is 0 Å². The highest BCUT2D eigenvalue weighted by Gasteiger charge is 2.47. The van der Waals surface area contributed by atoms with Gasteiger partial charge in [-0.2, -0.15) is 0 Å². The number of amides is 1. The van der Waals surface area contributed by atoms with Gasteiger partial charge in [-0.1, -0.05) is 50.1 Å². The molecule has 0 saturated heterocycles. The molecule has 6 heteroatoms. The number of benzene rings is 1. The smallest absolute Gasteiger partial charge is 0.324 e. The van der Waals surface area contributed by atoms with Crippen LogP contribution in [0.15, 0.2) is 30.3 Å². The summed E-state index contributed by atoms with van der Waals surface area (Å²) >= 11 is 0. The Labute approximate surface area is 145 Å². The van der Waals surface area contributed by atoms with E-state index in [0.717, 1.165) is 25.7 Å². The van der Waals surface area contributed by atoms with Gasteiger partial charge in [-0.3, -0.25) is 9.05 Å². The largest absolute Gasteiger partial charge is 0.346 e. The van der Waals surface area contributed by atoms with Crippen LogP contribution < -0.4 is 0 Å².